The lowest BCUT2D eigenvalue weighted by molar-refractivity contribution is 0.0702. The Balaban J connectivity index is 1.46. The lowest BCUT2D eigenvalue weighted by atomic mass is 10.2. The van der Waals surface area contributed by atoms with Crippen LogP contribution in [-0.4, -0.2) is 33.5 Å². The van der Waals surface area contributed by atoms with Gasteiger partial charge >= 0.3 is 0 Å². The maximum atomic E-state index is 12.6. The van der Waals surface area contributed by atoms with Crippen molar-refractivity contribution in [3.63, 3.8) is 0 Å². The fourth-order valence-electron chi connectivity index (χ4n) is 2.99. The van der Waals surface area contributed by atoms with E-state index >= 15 is 0 Å². The molecule has 23 heavy (non-hydrogen) atoms. The molecule has 0 radical (unpaired) electrons. The van der Waals surface area contributed by atoms with E-state index in [0.717, 1.165) is 30.5 Å². The Hall–Kier alpha value is -2.08. The molecule has 6 nitrogen and oxygen atoms in total. The van der Waals surface area contributed by atoms with E-state index in [4.69, 9.17) is 9.15 Å². The van der Waals surface area contributed by atoms with Crippen LogP contribution in [0.15, 0.2) is 23.1 Å². The molecule has 1 fully saturated rings. The van der Waals surface area contributed by atoms with Crippen molar-refractivity contribution in [3.05, 3.63) is 41.4 Å². The smallest absolute Gasteiger partial charge is 0.257 e. The molecular formula is C17H21N3O3. The number of rotatable bonds is 5. The molecule has 0 bridgehead atoms. The molecule has 0 spiro atoms. The first-order valence-corrected chi connectivity index (χ1v) is 8.16. The zero-order valence-electron chi connectivity index (χ0n) is 13.3. The molecule has 3 heterocycles. The first-order chi connectivity index (χ1) is 11.2. The molecule has 0 unspecified atom stereocenters. The molecular weight excluding hydrogens is 294 g/mol. The molecule has 2 aromatic rings. The second-order valence-corrected chi connectivity index (χ2v) is 6.41. The van der Waals surface area contributed by atoms with E-state index in [0.29, 0.717) is 31.0 Å². The summed E-state index contributed by atoms with van der Waals surface area (Å²) in [6.45, 7) is 5.21. The maximum absolute atomic E-state index is 12.6. The lowest BCUT2D eigenvalue weighted by Crippen LogP contribution is -2.38. The fraction of sp³-hybridized carbons (Fsp3) is 0.529. The number of hydrogen-bond donors (Lipinski definition) is 0. The third kappa shape index (κ3) is 2.91. The summed E-state index contributed by atoms with van der Waals surface area (Å²) in [4.78, 5) is 19.0. The van der Waals surface area contributed by atoms with Crippen LogP contribution in [0.25, 0.3) is 0 Å². The number of aromatic nitrogens is 2. The Morgan fingerprint density at radius 3 is 3.04 bits per heavy atom. The molecule has 2 aromatic heterocycles. The van der Waals surface area contributed by atoms with Crippen molar-refractivity contribution in [2.24, 2.45) is 5.92 Å². The van der Waals surface area contributed by atoms with Gasteiger partial charge in [-0.15, -0.1) is 0 Å². The van der Waals surface area contributed by atoms with E-state index in [1.54, 1.807) is 12.3 Å². The van der Waals surface area contributed by atoms with Gasteiger partial charge in [0.15, 0.2) is 0 Å². The third-order valence-corrected chi connectivity index (χ3v) is 4.65. The van der Waals surface area contributed by atoms with E-state index in [1.165, 1.54) is 12.8 Å². The molecule has 1 aliphatic heterocycles. The molecule has 0 atom stereocenters. The van der Waals surface area contributed by atoms with E-state index < -0.39 is 0 Å². The van der Waals surface area contributed by atoms with Crippen LogP contribution < -0.4 is 0 Å². The number of carbonyl (C=O) groups excluding carboxylic acids is 1. The van der Waals surface area contributed by atoms with Gasteiger partial charge in [0.25, 0.3) is 5.91 Å². The Kier molecular flexibility index (Phi) is 3.69. The number of ether oxygens (including phenoxy) is 1. The number of carbonyl (C=O) groups is 1. The van der Waals surface area contributed by atoms with Gasteiger partial charge in [-0.3, -0.25) is 4.79 Å². The number of furan rings is 1. The monoisotopic (exact) mass is 315 g/mol. The lowest BCUT2D eigenvalue weighted by Gasteiger charge is -2.28. The van der Waals surface area contributed by atoms with Crippen molar-refractivity contribution in [1.29, 1.82) is 0 Å². The van der Waals surface area contributed by atoms with E-state index in [1.807, 2.05) is 18.2 Å². The third-order valence-electron chi connectivity index (χ3n) is 4.65. The first-order valence-electron chi connectivity index (χ1n) is 8.16. The largest absolute Gasteiger partial charge is 0.469 e. The minimum absolute atomic E-state index is 0.0218. The molecule has 4 rings (SSSR count). The number of hydrogen-bond acceptors (Lipinski definition) is 4. The van der Waals surface area contributed by atoms with Crippen molar-refractivity contribution >= 4 is 5.91 Å². The number of fused-ring (bicyclic) bond motifs is 1. The van der Waals surface area contributed by atoms with Gasteiger partial charge < -0.3 is 18.6 Å². The van der Waals surface area contributed by atoms with Crippen LogP contribution in [0, 0.1) is 12.8 Å². The standard InChI is InChI=1S/C17H21N3O3/c1-12-14(4-7-23-12)17(21)19-5-6-20-11-18-15(16(20)8-19)10-22-9-13-2-3-13/h4,7,11,13H,2-3,5-6,8-10H2,1H3. The van der Waals surface area contributed by atoms with Gasteiger partial charge in [0.05, 0.1) is 42.7 Å². The van der Waals surface area contributed by atoms with Crippen LogP contribution in [-0.2, 0) is 24.4 Å². The zero-order valence-corrected chi connectivity index (χ0v) is 13.3. The number of nitrogens with zero attached hydrogens (tertiary/aromatic N) is 3. The Morgan fingerprint density at radius 1 is 1.43 bits per heavy atom. The molecule has 0 N–H and O–H groups in total. The van der Waals surface area contributed by atoms with E-state index in [9.17, 15) is 4.79 Å². The molecule has 1 aliphatic carbocycles. The van der Waals surface area contributed by atoms with Gasteiger partial charge in [-0.2, -0.15) is 0 Å². The van der Waals surface area contributed by atoms with Crippen molar-refractivity contribution in [1.82, 2.24) is 14.5 Å². The normalized spacial score (nSPS) is 17.3. The highest BCUT2D eigenvalue weighted by Crippen LogP contribution is 2.29. The minimum atomic E-state index is 0.0218. The molecule has 2 aliphatic rings. The summed E-state index contributed by atoms with van der Waals surface area (Å²) in [5.74, 6) is 1.44. The van der Waals surface area contributed by atoms with Crippen LogP contribution in [0.5, 0.6) is 0 Å². The minimum Gasteiger partial charge on any atom is -0.469 e. The highest BCUT2D eigenvalue weighted by Gasteiger charge is 2.27. The molecule has 122 valence electrons. The topological polar surface area (TPSA) is 60.5 Å². The first kappa shape index (κ1) is 14.5. The molecule has 6 heteroatoms. The summed E-state index contributed by atoms with van der Waals surface area (Å²) in [5, 5.41) is 0. The number of aryl methyl sites for hydroxylation is 1. The molecule has 1 amide bonds. The SMILES string of the molecule is Cc1occc1C(=O)N1CCn2cnc(COCC3CC3)c2C1. The predicted molar refractivity (Wildman–Crippen MR) is 82.8 cm³/mol. The summed E-state index contributed by atoms with van der Waals surface area (Å²) in [5.41, 5.74) is 2.68. The van der Waals surface area contributed by atoms with Gasteiger partial charge in [0, 0.05) is 19.7 Å². The van der Waals surface area contributed by atoms with Crippen molar-refractivity contribution in [3.8, 4) is 0 Å². The van der Waals surface area contributed by atoms with Crippen LogP contribution in [0.2, 0.25) is 0 Å². The van der Waals surface area contributed by atoms with Crippen LogP contribution in [0.1, 0.15) is 40.3 Å². The molecule has 0 aromatic carbocycles. The van der Waals surface area contributed by atoms with E-state index in [2.05, 4.69) is 9.55 Å². The Morgan fingerprint density at radius 2 is 2.30 bits per heavy atom. The van der Waals surface area contributed by atoms with Gasteiger partial charge in [0.2, 0.25) is 0 Å². The van der Waals surface area contributed by atoms with Crippen LogP contribution in [0.3, 0.4) is 0 Å². The van der Waals surface area contributed by atoms with Gasteiger partial charge in [0.1, 0.15) is 5.76 Å². The zero-order chi connectivity index (χ0) is 15.8. The van der Waals surface area contributed by atoms with Gasteiger partial charge in [-0.1, -0.05) is 0 Å². The van der Waals surface area contributed by atoms with Gasteiger partial charge in [-0.25, -0.2) is 4.98 Å². The summed E-state index contributed by atoms with van der Waals surface area (Å²) >= 11 is 0. The Labute approximate surface area is 135 Å². The summed E-state index contributed by atoms with van der Waals surface area (Å²) in [6, 6.07) is 1.74. The molecule has 1 saturated carbocycles. The summed E-state index contributed by atoms with van der Waals surface area (Å²) in [7, 11) is 0. The van der Waals surface area contributed by atoms with Crippen LogP contribution in [0.4, 0.5) is 0 Å². The quantitative estimate of drug-likeness (QED) is 0.850. The second kappa shape index (κ2) is 5.85. The summed E-state index contributed by atoms with van der Waals surface area (Å²) in [6.07, 6.45) is 5.99. The summed E-state index contributed by atoms with van der Waals surface area (Å²) < 4.78 is 13.1. The Bertz CT molecular complexity index is 714. The number of imidazole rings is 1. The van der Waals surface area contributed by atoms with Crippen molar-refractivity contribution in [2.75, 3.05) is 13.2 Å². The average Bonchev–Trinajstić information content (AvgIpc) is 3.15. The maximum Gasteiger partial charge on any atom is 0.257 e. The van der Waals surface area contributed by atoms with Crippen molar-refractivity contribution in [2.45, 2.75) is 39.5 Å². The number of amides is 1. The van der Waals surface area contributed by atoms with Crippen LogP contribution >= 0.6 is 0 Å². The van der Waals surface area contributed by atoms with Crippen molar-refractivity contribution < 1.29 is 13.9 Å². The highest BCUT2D eigenvalue weighted by atomic mass is 16.5. The fourth-order valence-corrected chi connectivity index (χ4v) is 2.99. The highest BCUT2D eigenvalue weighted by molar-refractivity contribution is 5.95. The molecule has 0 saturated heterocycles. The predicted octanol–water partition coefficient (Wildman–Crippen LogP) is 2.37. The average molecular weight is 315 g/mol. The van der Waals surface area contributed by atoms with Gasteiger partial charge in [-0.05, 0) is 31.7 Å². The second-order valence-electron chi connectivity index (χ2n) is 6.41. The van der Waals surface area contributed by atoms with E-state index in [-0.39, 0.29) is 5.91 Å².